The largest absolute Gasteiger partial charge is 0.321 e. The van der Waals surface area contributed by atoms with Gasteiger partial charge in [-0.2, -0.15) is 0 Å². The fourth-order valence-electron chi connectivity index (χ4n) is 3.84. The summed E-state index contributed by atoms with van der Waals surface area (Å²) in [6.07, 6.45) is 0. The van der Waals surface area contributed by atoms with Gasteiger partial charge in [0.15, 0.2) is 0 Å². The maximum Gasteiger partial charge on any atom is 0.258 e. The third-order valence-electron chi connectivity index (χ3n) is 5.11. The molecule has 1 aliphatic rings. The van der Waals surface area contributed by atoms with Crippen LogP contribution >= 0.6 is 11.3 Å². The van der Waals surface area contributed by atoms with Crippen molar-refractivity contribution in [2.45, 2.75) is 13.8 Å². The standard InChI is InChI=1S/C22H17N3O2S/c1-3-25-18-10-9-16(14-5-4-6-15(20(14)18)22(25)27)24-21(26)13-7-8-17-19(11-13)28-12(2)23-17/h4-11H,3H2,1-2H3,(H,24,26). The number of hydrogen-bond donors (Lipinski definition) is 1. The van der Waals surface area contributed by atoms with Crippen LogP contribution in [-0.2, 0) is 0 Å². The quantitative estimate of drug-likeness (QED) is 0.539. The van der Waals surface area contributed by atoms with Crippen molar-refractivity contribution in [2.75, 3.05) is 16.8 Å². The van der Waals surface area contributed by atoms with E-state index in [1.54, 1.807) is 22.3 Å². The molecule has 0 atom stereocenters. The van der Waals surface area contributed by atoms with Crippen molar-refractivity contribution >= 4 is 55.5 Å². The molecular formula is C22H17N3O2S. The van der Waals surface area contributed by atoms with Crippen molar-refractivity contribution in [3.05, 3.63) is 64.7 Å². The van der Waals surface area contributed by atoms with Gasteiger partial charge in [0.25, 0.3) is 11.8 Å². The maximum atomic E-state index is 12.9. The molecule has 0 aliphatic carbocycles. The molecule has 0 radical (unpaired) electrons. The summed E-state index contributed by atoms with van der Waals surface area (Å²) in [5, 5.41) is 5.78. The molecule has 0 saturated heterocycles. The van der Waals surface area contributed by atoms with Crippen LogP contribution in [0.1, 0.15) is 32.6 Å². The van der Waals surface area contributed by atoms with Gasteiger partial charge < -0.3 is 10.2 Å². The second kappa shape index (κ2) is 6.14. The van der Waals surface area contributed by atoms with Gasteiger partial charge in [-0.3, -0.25) is 9.59 Å². The van der Waals surface area contributed by atoms with Crippen LogP contribution in [0.15, 0.2) is 48.5 Å². The average molecular weight is 387 g/mol. The van der Waals surface area contributed by atoms with Gasteiger partial charge in [0, 0.05) is 34.1 Å². The van der Waals surface area contributed by atoms with Crippen LogP contribution in [0, 0.1) is 6.92 Å². The van der Waals surface area contributed by atoms with Crippen LogP contribution in [0.5, 0.6) is 0 Å². The summed E-state index contributed by atoms with van der Waals surface area (Å²) in [6.45, 7) is 4.53. The Kier molecular flexibility index (Phi) is 3.70. The summed E-state index contributed by atoms with van der Waals surface area (Å²) in [7, 11) is 0. The Morgan fingerprint density at radius 1 is 1.18 bits per heavy atom. The molecule has 3 aromatic carbocycles. The predicted molar refractivity (Wildman–Crippen MR) is 114 cm³/mol. The highest BCUT2D eigenvalue weighted by Gasteiger charge is 2.29. The lowest BCUT2D eigenvalue weighted by Gasteiger charge is -2.15. The lowest BCUT2D eigenvalue weighted by Crippen LogP contribution is -2.25. The second-order valence-electron chi connectivity index (χ2n) is 6.78. The minimum Gasteiger partial charge on any atom is -0.321 e. The molecule has 0 unspecified atom stereocenters. The summed E-state index contributed by atoms with van der Waals surface area (Å²) < 4.78 is 0.995. The lowest BCUT2D eigenvalue weighted by atomic mass is 10.0. The fourth-order valence-corrected chi connectivity index (χ4v) is 4.71. The number of fused-ring (bicyclic) bond motifs is 1. The van der Waals surface area contributed by atoms with E-state index < -0.39 is 0 Å². The summed E-state index contributed by atoms with van der Waals surface area (Å²) in [6, 6.07) is 15.0. The molecule has 138 valence electrons. The monoisotopic (exact) mass is 387 g/mol. The Balaban J connectivity index is 1.56. The van der Waals surface area contributed by atoms with E-state index in [0.29, 0.717) is 23.4 Å². The molecule has 0 saturated carbocycles. The number of amides is 2. The number of hydrogen-bond acceptors (Lipinski definition) is 4. The minimum absolute atomic E-state index is 0.0117. The minimum atomic E-state index is -0.176. The first-order valence-corrected chi connectivity index (χ1v) is 9.94. The van der Waals surface area contributed by atoms with Crippen molar-refractivity contribution in [1.29, 1.82) is 0 Å². The molecule has 0 spiro atoms. The number of aryl methyl sites for hydroxylation is 1. The zero-order valence-electron chi connectivity index (χ0n) is 15.4. The molecule has 2 amide bonds. The number of carbonyl (C=O) groups excluding carboxylic acids is 2. The van der Waals surface area contributed by atoms with Crippen LogP contribution in [0.3, 0.4) is 0 Å². The highest BCUT2D eigenvalue weighted by atomic mass is 32.1. The highest BCUT2D eigenvalue weighted by Crippen LogP contribution is 2.40. The van der Waals surface area contributed by atoms with Gasteiger partial charge in [0.1, 0.15) is 0 Å². The molecule has 1 aliphatic heterocycles. The number of nitrogens with zero attached hydrogens (tertiary/aromatic N) is 2. The molecule has 5 nitrogen and oxygen atoms in total. The Bertz CT molecular complexity index is 1290. The first-order chi connectivity index (χ1) is 13.6. The van der Waals surface area contributed by atoms with Gasteiger partial charge in [-0.1, -0.05) is 12.1 Å². The smallest absolute Gasteiger partial charge is 0.258 e. The van der Waals surface area contributed by atoms with Crippen molar-refractivity contribution in [2.24, 2.45) is 0 Å². The Morgan fingerprint density at radius 2 is 2.04 bits per heavy atom. The first kappa shape index (κ1) is 16.9. The Hall–Kier alpha value is -3.25. The van der Waals surface area contributed by atoms with Crippen LogP contribution in [0.25, 0.3) is 21.0 Å². The molecule has 0 fully saturated rings. The van der Waals surface area contributed by atoms with Crippen LogP contribution in [-0.4, -0.2) is 23.3 Å². The van der Waals surface area contributed by atoms with Gasteiger partial charge in [-0.05, 0) is 50.2 Å². The number of benzene rings is 3. The van der Waals surface area contributed by atoms with Crippen molar-refractivity contribution < 1.29 is 9.59 Å². The number of anilines is 2. The van der Waals surface area contributed by atoms with Crippen LogP contribution in [0.2, 0.25) is 0 Å². The molecule has 0 bridgehead atoms. The predicted octanol–water partition coefficient (Wildman–Crippen LogP) is 4.99. The van der Waals surface area contributed by atoms with Crippen molar-refractivity contribution in [3.63, 3.8) is 0 Å². The topological polar surface area (TPSA) is 62.3 Å². The Morgan fingerprint density at radius 3 is 2.86 bits per heavy atom. The normalized spacial score (nSPS) is 12.9. The van der Waals surface area contributed by atoms with Crippen molar-refractivity contribution in [1.82, 2.24) is 4.98 Å². The molecule has 1 N–H and O–H groups in total. The number of nitrogens with one attached hydrogen (secondary N) is 1. The van der Waals surface area contributed by atoms with E-state index in [-0.39, 0.29) is 11.8 Å². The second-order valence-corrected chi connectivity index (χ2v) is 8.01. The number of aromatic nitrogens is 1. The van der Waals surface area contributed by atoms with Gasteiger partial charge in [-0.15, -0.1) is 11.3 Å². The maximum absolute atomic E-state index is 12.9. The first-order valence-electron chi connectivity index (χ1n) is 9.13. The molecule has 6 heteroatoms. The summed E-state index contributed by atoms with van der Waals surface area (Å²) in [5.74, 6) is -0.164. The fraction of sp³-hybridized carbons (Fsp3) is 0.136. The van der Waals surface area contributed by atoms with E-state index in [1.165, 1.54) is 0 Å². The molecule has 5 rings (SSSR count). The van der Waals surface area contributed by atoms with Gasteiger partial charge >= 0.3 is 0 Å². The van der Waals surface area contributed by atoms with Gasteiger partial charge in [-0.25, -0.2) is 4.98 Å². The highest BCUT2D eigenvalue weighted by molar-refractivity contribution is 7.18. The summed E-state index contributed by atoms with van der Waals surface area (Å²) >= 11 is 1.57. The van der Waals surface area contributed by atoms with E-state index in [0.717, 1.165) is 31.7 Å². The number of rotatable bonds is 3. The van der Waals surface area contributed by atoms with Gasteiger partial charge in [0.05, 0.1) is 20.9 Å². The third-order valence-corrected chi connectivity index (χ3v) is 6.04. The Labute approximate surface area is 165 Å². The molecule has 4 aromatic rings. The molecule has 28 heavy (non-hydrogen) atoms. The zero-order chi connectivity index (χ0) is 19.4. The van der Waals surface area contributed by atoms with E-state index >= 15 is 0 Å². The van der Waals surface area contributed by atoms with Crippen molar-refractivity contribution in [3.8, 4) is 0 Å². The lowest BCUT2D eigenvalue weighted by molar-refractivity contribution is 0.0992. The summed E-state index contributed by atoms with van der Waals surface area (Å²) in [5.41, 5.74) is 3.79. The van der Waals surface area contributed by atoms with Crippen LogP contribution < -0.4 is 10.2 Å². The van der Waals surface area contributed by atoms with E-state index in [4.69, 9.17) is 0 Å². The van der Waals surface area contributed by atoms with E-state index in [2.05, 4.69) is 10.3 Å². The molecular weight excluding hydrogens is 370 g/mol. The number of carbonyl (C=O) groups is 2. The van der Waals surface area contributed by atoms with E-state index in [1.807, 2.05) is 56.3 Å². The SMILES string of the molecule is CCN1C(=O)c2cccc3c(NC(=O)c4ccc5nc(C)sc5c4)ccc1c23. The number of thiazole rings is 1. The van der Waals surface area contributed by atoms with Gasteiger partial charge in [0.2, 0.25) is 0 Å². The molecule has 2 heterocycles. The summed E-state index contributed by atoms with van der Waals surface area (Å²) in [4.78, 5) is 31.7. The zero-order valence-corrected chi connectivity index (χ0v) is 16.3. The average Bonchev–Trinajstić information content (AvgIpc) is 3.20. The molecule has 1 aromatic heterocycles. The van der Waals surface area contributed by atoms with E-state index in [9.17, 15) is 9.59 Å². The third kappa shape index (κ3) is 2.42. The van der Waals surface area contributed by atoms with Crippen LogP contribution in [0.4, 0.5) is 11.4 Å².